The van der Waals surface area contributed by atoms with Crippen LogP contribution in [0.5, 0.6) is 5.75 Å². The molecule has 2 atom stereocenters. The highest BCUT2D eigenvalue weighted by atomic mass is 16.5. The molecule has 124 valence electrons. The third-order valence-corrected chi connectivity index (χ3v) is 3.72. The molecule has 1 saturated heterocycles. The normalized spacial score (nSPS) is 19.6. The molecule has 7 heteroatoms. The van der Waals surface area contributed by atoms with E-state index in [9.17, 15) is 14.7 Å². The van der Waals surface area contributed by atoms with Crippen LogP contribution in [-0.2, 0) is 16.1 Å². The Morgan fingerprint density at radius 1 is 1.12 bits per heavy atom. The number of para-hydroxylation sites is 1. The molecular formula is C17H17N3O4. The van der Waals surface area contributed by atoms with E-state index in [1.54, 1.807) is 18.2 Å². The van der Waals surface area contributed by atoms with Gasteiger partial charge in [0.15, 0.2) is 0 Å². The average molecular weight is 327 g/mol. The highest BCUT2D eigenvalue weighted by Crippen LogP contribution is 2.27. The first kappa shape index (κ1) is 15.8. The van der Waals surface area contributed by atoms with Gasteiger partial charge in [-0.25, -0.2) is 10.2 Å². The second-order valence-corrected chi connectivity index (χ2v) is 5.35. The summed E-state index contributed by atoms with van der Waals surface area (Å²) in [5, 5.41) is 12.5. The third-order valence-electron chi connectivity index (χ3n) is 3.72. The first-order valence-corrected chi connectivity index (χ1v) is 7.45. The van der Waals surface area contributed by atoms with Crippen LogP contribution in [0.25, 0.3) is 0 Å². The summed E-state index contributed by atoms with van der Waals surface area (Å²) in [5.74, 6) is -0.365. The topological polar surface area (TPSA) is 99.7 Å². The highest BCUT2D eigenvalue weighted by Gasteiger charge is 2.38. The van der Waals surface area contributed by atoms with E-state index in [4.69, 9.17) is 4.74 Å². The Labute approximate surface area is 138 Å². The van der Waals surface area contributed by atoms with E-state index < -0.39 is 24.1 Å². The van der Waals surface area contributed by atoms with Gasteiger partial charge in [-0.3, -0.25) is 10.2 Å². The SMILES string of the molecule is O=C(N[C@H]1C(=O)NN[C@@H]1c1ccccc1O)OCc1ccccc1. The number of alkyl carbamates (subject to hydrolysis) is 1. The molecule has 1 heterocycles. The van der Waals surface area contributed by atoms with Gasteiger partial charge in [-0.1, -0.05) is 48.5 Å². The number of rotatable bonds is 4. The van der Waals surface area contributed by atoms with Crippen molar-refractivity contribution < 1.29 is 19.4 Å². The van der Waals surface area contributed by atoms with Crippen LogP contribution in [0.15, 0.2) is 54.6 Å². The van der Waals surface area contributed by atoms with Crippen LogP contribution >= 0.6 is 0 Å². The molecule has 3 rings (SSSR count). The fourth-order valence-corrected chi connectivity index (χ4v) is 2.51. The Kier molecular flexibility index (Phi) is 4.62. The summed E-state index contributed by atoms with van der Waals surface area (Å²) < 4.78 is 5.13. The van der Waals surface area contributed by atoms with Gasteiger partial charge in [0.25, 0.3) is 5.91 Å². The van der Waals surface area contributed by atoms with Gasteiger partial charge < -0.3 is 15.2 Å². The summed E-state index contributed by atoms with van der Waals surface area (Å²) in [6.45, 7) is 0.107. The van der Waals surface area contributed by atoms with Crippen LogP contribution in [0.2, 0.25) is 0 Å². The number of benzene rings is 2. The lowest BCUT2D eigenvalue weighted by atomic mass is 10.00. The summed E-state index contributed by atoms with van der Waals surface area (Å²) in [5.41, 5.74) is 6.57. The van der Waals surface area contributed by atoms with E-state index in [1.165, 1.54) is 6.07 Å². The number of hydrogen-bond donors (Lipinski definition) is 4. The summed E-state index contributed by atoms with van der Waals surface area (Å²) in [6.07, 6.45) is -0.705. The summed E-state index contributed by atoms with van der Waals surface area (Å²) in [4.78, 5) is 23.9. The number of phenolic OH excluding ortho intramolecular Hbond substituents is 1. The molecule has 2 amide bonds. The predicted molar refractivity (Wildman–Crippen MR) is 85.7 cm³/mol. The second kappa shape index (κ2) is 7.01. The van der Waals surface area contributed by atoms with Crippen LogP contribution in [0, 0.1) is 0 Å². The average Bonchev–Trinajstić information content (AvgIpc) is 2.95. The molecule has 2 aromatic rings. The van der Waals surface area contributed by atoms with Crippen molar-refractivity contribution in [2.75, 3.05) is 0 Å². The van der Waals surface area contributed by atoms with Gasteiger partial charge in [-0.2, -0.15) is 0 Å². The van der Waals surface area contributed by atoms with Gasteiger partial charge in [-0.15, -0.1) is 0 Å². The number of ether oxygens (including phenoxy) is 1. The van der Waals surface area contributed by atoms with Crippen molar-refractivity contribution in [3.8, 4) is 5.75 Å². The maximum Gasteiger partial charge on any atom is 0.408 e. The van der Waals surface area contributed by atoms with Crippen molar-refractivity contribution in [2.45, 2.75) is 18.7 Å². The Balaban J connectivity index is 1.65. The Morgan fingerprint density at radius 3 is 2.58 bits per heavy atom. The molecule has 7 nitrogen and oxygen atoms in total. The summed E-state index contributed by atoms with van der Waals surface area (Å²) >= 11 is 0. The third kappa shape index (κ3) is 3.47. The number of amides is 2. The molecule has 2 aromatic carbocycles. The number of aromatic hydroxyl groups is 1. The Morgan fingerprint density at radius 2 is 1.83 bits per heavy atom. The molecule has 0 radical (unpaired) electrons. The van der Waals surface area contributed by atoms with Crippen molar-refractivity contribution in [2.24, 2.45) is 0 Å². The number of phenols is 1. The van der Waals surface area contributed by atoms with E-state index in [0.717, 1.165) is 5.56 Å². The van der Waals surface area contributed by atoms with Crippen LogP contribution in [0.3, 0.4) is 0 Å². The molecule has 4 N–H and O–H groups in total. The van der Waals surface area contributed by atoms with E-state index >= 15 is 0 Å². The van der Waals surface area contributed by atoms with Gasteiger partial charge in [0.2, 0.25) is 0 Å². The van der Waals surface area contributed by atoms with Crippen molar-refractivity contribution in [1.82, 2.24) is 16.2 Å². The number of hydrazine groups is 1. The Bertz CT molecular complexity index is 736. The monoisotopic (exact) mass is 327 g/mol. The minimum atomic E-state index is -0.887. The molecule has 0 spiro atoms. The maximum atomic E-state index is 12.0. The van der Waals surface area contributed by atoms with Gasteiger partial charge in [-0.05, 0) is 11.6 Å². The lowest BCUT2D eigenvalue weighted by Crippen LogP contribution is -2.43. The maximum absolute atomic E-state index is 12.0. The number of hydrogen-bond acceptors (Lipinski definition) is 5. The van der Waals surface area contributed by atoms with E-state index in [-0.39, 0.29) is 12.4 Å². The van der Waals surface area contributed by atoms with Crippen molar-refractivity contribution in [3.05, 3.63) is 65.7 Å². The zero-order valence-electron chi connectivity index (χ0n) is 12.7. The molecule has 0 aliphatic carbocycles. The quantitative estimate of drug-likeness (QED) is 0.679. The fraction of sp³-hybridized carbons (Fsp3) is 0.176. The zero-order valence-corrected chi connectivity index (χ0v) is 12.7. The molecule has 1 fully saturated rings. The van der Waals surface area contributed by atoms with Gasteiger partial charge in [0, 0.05) is 5.56 Å². The first-order valence-electron chi connectivity index (χ1n) is 7.45. The highest BCUT2D eigenvalue weighted by molar-refractivity contribution is 5.88. The van der Waals surface area contributed by atoms with Crippen LogP contribution in [0.1, 0.15) is 17.2 Å². The van der Waals surface area contributed by atoms with Gasteiger partial charge >= 0.3 is 6.09 Å². The standard InChI is InChI=1S/C17H17N3O4/c21-13-9-5-4-8-12(13)14-15(16(22)20-19-14)18-17(23)24-10-11-6-2-1-3-7-11/h1-9,14-15,19,21H,10H2,(H,18,23)(H,20,22)/t14-,15-/m1/s1. The molecule has 0 bridgehead atoms. The number of carbonyl (C=O) groups is 2. The summed E-state index contributed by atoms with van der Waals surface area (Å²) in [6, 6.07) is 14.4. The second-order valence-electron chi connectivity index (χ2n) is 5.35. The van der Waals surface area contributed by atoms with Crippen LogP contribution in [0.4, 0.5) is 4.79 Å². The number of carbonyl (C=O) groups excluding carboxylic acids is 2. The lowest BCUT2D eigenvalue weighted by Gasteiger charge is -2.19. The molecular weight excluding hydrogens is 310 g/mol. The van der Waals surface area contributed by atoms with E-state index in [0.29, 0.717) is 5.56 Å². The van der Waals surface area contributed by atoms with E-state index in [1.807, 2.05) is 30.3 Å². The van der Waals surface area contributed by atoms with Gasteiger partial charge in [0.1, 0.15) is 18.4 Å². The van der Waals surface area contributed by atoms with Crippen LogP contribution in [-0.4, -0.2) is 23.1 Å². The zero-order chi connectivity index (χ0) is 16.9. The number of nitrogens with one attached hydrogen (secondary N) is 3. The van der Waals surface area contributed by atoms with E-state index in [2.05, 4.69) is 16.2 Å². The smallest absolute Gasteiger partial charge is 0.408 e. The largest absolute Gasteiger partial charge is 0.508 e. The van der Waals surface area contributed by atoms with Crippen molar-refractivity contribution in [3.63, 3.8) is 0 Å². The Hall–Kier alpha value is -3.06. The summed E-state index contributed by atoms with van der Waals surface area (Å²) in [7, 11) is 0. The first-order chi connectivity index (χ1) is 11.6. The minimum Gasteiger partial charge on any atom is -0.508 e. The molecule has 0 aromatic heterocycles. The van der Waals surface area contributed by atoms with Gasteiger partial charge in [0.05, 0.1) is 6.04 Å². The van der Waals surface area contributed by atoms with Crippen molar-refractivity contribution in [1.29, 1.82) is 0 Å². The lowest BCUT2D eigenvalue weighted by molar-refractivity contribution is -0.121. The van der Waals surface area contributed by atoms with Crippen molar-refractivity contribution >= 4 is 12.0 Å². The minimum absolute atomic E-state index is 0.0379. The molecule has 1 aliphatic heterocycles. The molecule has 0 unspecified atom stereocenters. The van der Waals surface area contributed by atoms with Crippen LogP contribution < -0.4 is 16.2 Å². The fourth-order valence-electron chi connectivity index (χ4n) is 2.51. The molecule has 24 heavy (non-hydrogen) atoms. The molecule has 0 saturated carbocycles. The predicted octanol–water partition coefficient (Wildman–Crippen LogP) is 1.36. The molecule has 1 aliphatic rings.